The third kappa shape index (κ3) is 5.30. The number of hydrogen-bond acceptors (Lipinski definition) is 4. The number of hydrogen-bond donors (Lipinski definition) is 2. The van der Waals surface area contributed by atoms with E-state index in [1.165, 1.54) is 12.1 Å². The Bertz CT molecular complexity index is 906. The van der Waals surface area contributed by atoms with Crippen molar-refractivity contribution in [3.05, 3.63) is 59.7 Å². The van der Waals surface area contributed by atoms with Crippen LogP contribution in [0.4, 0.5) is 5.69 Å². The maximum atomic E-state index is 12.9. The lowest BCUT2D eigenvalue weighted by Crippen LogP contribution is -2.40. The highest BCUT2D eigenvalue weighted by Gasteiger charge is 2.24. The molecule has 7 heteroatoms. The van der Waals surface area contributed by atoms with Crippen molar-refractivity contribution in [2.75, 3.05) is 24.9 Å². The number of nitrogens with one attached hydrogen (secondary N) is 1. The molecule has 2 rings (SSSR count). The molecule has 0 spiro atoms. The van der Waals surface area contributed by atoms with Gasteiger partial charge in [0.15, 0.2) is 0 Å². The van der Waals surface area contributed by atoms with Gasteiger partial charge in [-0.3, -0.25) is 9.52 Å². The second-order valence-electron chi connectivity index (χ2n) is 7.49. The van der Waals surface area contributed by atoms with Crippen LogP contribution in [0.5, 0.6) is 0 Å². The summed E-state index contributed by atoms with van der Waals surface area (Å²) in [5, 5.41) is 0. The number of sulfonamides is 1. The molecule has 0 saturated heterocycles. The van der Waals surface area contributed by atoms with Gasteiger partial charge in [-0.2, -0.15) is 0 Å². The molecule has 0 radical (unpaired) electrons. The fourth-order valence-corrected chi connectivity index (χ4v) is 3.74. The maximum Gasteiger partial charge on any atom is 0.261 e. The first-order valence-electron chi connectivity index (χ1n) is 8.70. The van der Waals surface area contributed by atoms with E-state index < -0.39 is 10.0 Å². The lowest BCUT2D eigenvalue weighted by molar-refractivity contribution is 0.0741. The Labute approximate surface area is 161 Å². The van der Waals surface area contributed by atoms with Crippen LogP contribution in [0.1, 0.15) is 29.8 Å². The monoisotopic (exact) mass is 389 g/mol. The Balaban J connectivity index is 2.30. The minimum atomic E-state index is -3.79. The molecule has 2 aromatic carbocycles. The summed E-state index contributed by atoms with van der Waals surface area (Å²) in [6.07, 6.45) is 0. The predicted molar refractivity (Wildman–Crippen MR) is 108 cm³/mol. The Kier molecular flexibility index (Phi) is 6.28. The van der Waals surface area contributed by atoms with Crippen molar-refractivity contribution in [2.24, 2.45) is 11.1 Å². The van der Waals surface area contributed by atoms with Gasteiger partial charge in [0.2, 0.25) is 0 Å². The third-order valence-corrected chi connectivity index (χ3v) is 5.68. The standard InChI is InChI=1S/C20H27N3O3S/c1-15-9-11-16(12-10-15)27(25,26)22-18-8-6-5-7-17(18)19(24)23(4)14-20(2,3)13-21/h5-12,22H,13-14,21H2,1-4H3. The number of benzene rings is 2. The molecule has 3 N–H and O–H groups in total. The maximum absolute atomic E-state index is 12.9. The van der Waals surface area contributed by atoms with Crippen LogP contribution >= 0.6 is 0 Å². The first-order chi connectivity index (χ1) is 12.6. The minimum absolute atomic E-state index is 0.146. The number of carbonyl (C=O) groups is 1. The first-order valence-corrected chi connectivity index (χ1v) is 10.2. The molecular formula is C20H27N3O3S. The van der Waals surface area contributed by atoms with E-state index in [1.54, 1.807) is 48.3 Å². The van der Waals surface area contributed by atoms with Gasteiger partial charge in [0, 0.05) is 13.6 Å². The molecule has 0 saturated carbocycles. The summed E-state index contributed by atoms with van der Waals surface area (Å²) < 4.78 is 27.9. The van der Waals surface area contributed by atoms with Gasteiger partial charge in [0.1, 0.15) is 0 Å². The minimum Gasteiger partial charge on any atom is -0.341 e. The molecule has 0 bridgehead atoms. The molecule has 0 fully saturated rings. The molecule has 146 valence electrons. The molecule has 0 aliphatic rings. The van der Waals surface area contributed by atoms with E-state index >= 15 is 0 Å². The van der Waals surface area contributed by atoms with Gasteiger partial charge in [0.25, 0.3) is 15.9 Å². The van der Waals surface area contributed by atoms with Crippen molar-refractivity contribution in [3.8, 4) is 0 Å². The SMILES string of the molecule is Cc1ccc(S(=O)(=O)Nc2ccccc2C(=O)N(C)CC(C)(C)CN)cc1. The highest BCUT2D eigenvalue weighted by molar-refractivity contribution is 7.92. The average molecular weight is 390 g/mol. The van der Waals surface area contributed by atoms with Crippen molar-refractivity contribution in [1.29, 1.82) is 0 Å². The van der Waals surface area contributed by atoms with E-state index in [2.05, 4.69) is 4.72 Å². The molecule has 27 heavy (non-hydrogen) atoms. The average Bonchev–Trinajstić information content (AvgIpc) is 2.61. The van der Waals surface area contributed by atoms with Gasteiger partial charge in [-0.15, -0.1) is 0 Å². The molecule has 0 aliphatic heterocycles. The summed E-state index contributed by atoms with van der Waals surface area (Å²) in [6.45, 7) is 6.73. The van der Waals surface area contributed by atoms with E-state index in [4.69, 9.17) is 5.73 Å². The number of aryl methyl sites for hydroxylation is 1. The van der Waals surface area contributed by atoms with Crippen LogP contribution in [-0.4, -0.2) is 39.4 Å². The van der Waals surface area contributed by atoms with Crippen LogP contribution in [0.15, 0.2) is 53.4 Å². The van der Waals surface area contributed by atoms with Crippen molar-refractivity contribution >= 4 is 21.6 Å². The Morgan fingerprint density at radius 3 is 2.30 bits per heavy atom. The van der Waals surface area contributed by atoms with Crippen LogP contribution in [-0.2, 0) is 10.0 Å². The highest BCUT2D eigenvalue weighted by atomic mass is 32.2. The van der Waals surface area contributed by atoms with Gasteiger partial charge in [-0.05, 0) is 43.1 Å². The van der Waals surface area contributed by atoms with Crippen LogP contribution in [0.2, 0.25) is 0 Å². The zero-order valence-electron chi connectivity index (χ0n) is 16.2. The van der Waals surface area contributed by atoms with Gasteiger partial charge >= 0.3 is 0 Å². The van der Waals surface area contributed by atoms with Gasteiger partial charge < -0.3 is 10.6 Å². The number of nitrogens with two attached hydrogens (primary N) is 1. The lowest BCUT2D eigenvalue weighted by atomic mass is 9.93. The fraction of sp³-hybridized carbons (Fsp3) is 0.350. The molecule has 2 aromatic rings. The van der Waals surface area contributed by atoms with E-state index in [-0.39, 0.29) is 21.9 Å². The number of anilines is 1. The van der Waals surface area contributed by atoms with Crippen LogP contribution in [0, 0.1) is 12.3 Å². The smallest absolute Gasteiger partial charge is 0.261 e. The second kappa shape index (κ2) is 8.10. The van der Waals surface area contributed by atoms with E-state index in [9.17, 15) is 13.2 Å². The molecule has 6 nitrogen and oxygen atoms in total. The molecule has 0 aliphatic carbocycles. The van der Waals surface area contributed by atoms with Gasteiger partial charge in [-0.1, -0.05) is 43.7 Å². The largest absolute Gasteiger partial charge is 0.341 e. The highest BCUT2D eigenvalue weighted by Crippen LogP contribution is 2.23. The summed E-state index contributed by atoms with van der Waals surface area (Å²) >= 11 is 0. The summed E-state index contributed by atoms with van der Waals surface area (Å²) in [7, 11) is -2.11. The summed E-state index contributed by atoms with van der Waals surface area (Å²) in [5.74, 6) is -0.265. The number of amides is 1. The van der Waals surface area contributed by atoms with Crippen molar-refractivity contribution in [1.82, 2.24) is 4.90 Å². The van der Waals surface area contributed by atoms with Crippen molar-refractivity contribution < 1.29 is 13.2 Å². The molecule has 0 heterocycles. The normalized spacial score (nSPS) is 11.9. The van der Waals surface area contributed by atoms with Crippen molar-refractivity contribution in [2.45, 2.75) is 25.7 Å². The summed E-state index contributed by atoms with van der Waals surface area (Å²) in [4.78, 5) is 14.6. The van der Waals surface area contributed by atoms with Crippen LogP contribution in [0.25, 0.3) is 0 Å². The zero-order chi connectivity index (χ0) is 20.2. The molecule has 0 unspecified atom stereocenters. The molecule has 0 aromatic heterocycles. The van der Waals surface area contributed by atoms with E-state index in [1.807, 2.05) is 20.8 Å². The topological polar surface area (TPSA) is 92.5 Å². The fourth-order valence-electron chi connectivity index (χ4n) is 2.66. The van der Waals surface area contributed by atoms with Gasteiger partial charge in [0.05, 0.1) is 16.1 Å². The quantitative estimate of drug-likeness (QED) is 0.761. The number of carbonyl (C=O) groups excluding carboxylic acids is 1. The lowest BCUT2D eigenvalue weighted by Gasteiger charge is -2.29. The number of rotatable bonds is 7. The Hall–Kier alpha value is -2.38. The van der Waals surface area contributed by atoms with Crippen LogP contribution in [0.3, 0.4) is 0 Å². The molecular weight excluding hydrogens is 362 g/mol. The van der Waals surface area contributed by atoms with Gasteiger partial charge in [-0.25, -0.2) is 8.42 Å². The van der Waals surface area contributed by atoms with Crippen molar-refractivity contribution in [3.63, 3.8) is 0 Å². The second-order valence-corrected chi connectivity index (χ2v) is 9.18. The Morgan fingerprint density at radius 2 is 1.70 bits per heavy atom. The molecule has 1 amide bonds. The third-order valence-electron chi connectivity index (χ3n) is 4.30. The predicted octanol–water partition coefficient (Wildman–Crippen LogP) is 2.85. The number of para-hydroxylation sites is 1. The Morgan fingerprint density at radius 1 is 1.11 bits per heavy atom. The summed E-state index contributed by atoms with van der Waals surface area (Å²) in [5.41, 5.74) is 7.03. The molecule has 0 atom stereocenters. The summed E-state index contributed by atoms with van der Waals surface area (Å²) in [6, 6.07) is 13.1. The van der Waals surface area contributed by atoms with E-state index in [0.29, 0.717) is 18.7 Å². The number of nitrogens with zero attached hydrogens (tertiary/aromatic N) is 1. The zero-order valence-corrected chi connectivity index (χ0v) is 17.0. The first kappa shape index (κ1) is 20.9. The van der Waals surface area contributed by atoms with E-state index in [0.717, 1.165) is 5.56 Å². The van der Waals surface area contributed by atoms with Crippen LogP contribution < -0.4 is 10.5 Å².